The number of piperazine rings is 1. The summed E-state index contributed by atoms with van der Waals surface area (Å²) in [5.41, 5.74) is 5.72. The number of nitrogens with two attached hydrogens (primary N) is 1. The number of carbonyl (C=O) groups is 2. The van der Waals surface area contributed by atoms with Crippen LogP contribution in [0.15, 0.2) is 0 Å². The maximum atomic E-state index is 12.3. The van der Waals surface area contributed by atoms with Gasteiger partial charge in [-0.1, -0.05) is 0 Å². The summed E-state index contributed by atoms with van der Waals surface area (Å²) in [7, 11) is 2.03. The van der Waals surface area contributed by atoms with Crippen LogP contribution >= 0.6 is 0 Å². The van der Waals surface area contributed by atoms with Crippen molar-refractivity contribution in [2.75, 3.05) is 39.8 Å². The van der Waals surface area contributed by atoms with Gasteiger partial charge in [-0.3, -0.25) is 9.59 Å². The van der Waals surface area contributed by atoms with E-state index in [1.165, 1.54) is 0 Å². The molecule has 3 N–H and O–H groups in total. The van der Waals surface area contributed by atoms with E-state index in [9.17, 15) is 9.59 Å². The second kappa shape index (κ2) is 5.01. The zero-order chi connectivity index (χ0) is 12.4. The SMILES string of the molecule is CN1CCN(C(=O)C2CNC(=O)C2)C(CN)C1. The van der Waals surface area contributed by atoms with Crippen molar-refractivity contribution in [3.63, 3.8) is 0 Å². The highest BCUT2D eigenvalue weighted by atomic mass is 16.2. The topological polar surface area (TPSA) is 78.7 Å². The summed E-state index contributed by atoms with van der Waals surface area (Å²) in [6, 6.07) is 0.0805. The molecule has 2 saturated heterocycles. The van der Waals surface area contributed by atoms with E-state index in [4.69, 9.17) is 5.73 Å². The molecule has 96 valence electrons. The standard InChI is InChI=1S/C11H20N4O2/c1-14-2-3-15(9(5-12)7-14)11(17)8-4-10(16)13-6-8/h8-9H,2-7,12H2,1H3,(H,13,16). The molecule has 0 radical (unpaired) electrons. The van der Waals surface area contributed by atoms with Gasteiger partial charge < -0.3 is 20.9 Å². The van der Waals surface area contributed by atoms with E-state index in [-0.39, 0.29) is 23.8 Å². The zero-order valence-corrected chi connectivity index (χ0v) is 10.2. The van der Waals surface area contributed by atoms with E-state index in [0.717, 1.165) is 13.1 Å². The third-order valence-electron chi connectivity index (χ3n) is 3.57. The van der Waals surface area contributed by atoms with E-state index >= 15 is 0 Å². The number of rotatable bonds is 2. The summed E-state index contributed by atoms with van der Waals surface area (Å²) in [4.78, 5) is 27.4. The third-order valence-corrected chi connectivity index (χ3v) is 3.57. The van der Waals surface area contributed by atoms with Crippen LogP contribution in [0.1, 0.15) is 6.42 Å². The molecular weight excluding hydrogens is 220 g/mol. The van der Waals surface area contributed by atoms with Crippen molar-refractivity contribution in [2.45, 2.75) is 12.5 Å². The van der Waals surface area contributed by atoms with Crippen LogP contribution in [0.4, 0.5) is 0 Å². The Kier molecular flexibility index (Phi) is 3.63. The van der Waals surface area contributed by atoms with Crippen LogP contribution in [-0.2, 0) is 9.59 Å². The van der Waals surface area contributed by atoms with Gasteiger partial charge in [-0.15, -0.1) is 0 Å². The molecule has 0 aliphatic carbocycles. The molecule has 0 aromatic carbocycles. The fraction of sp³-hybridized carbons (Fsp3) is 0.818. The molecule has 0 saturated carbocycles. The van der Waals surface area contributed by atoms with Crippen molar-refractivity contribution in [1.82, 2.24) is 15.1 Å². The van der Waals surface area contributed by atoms with Gasteiger partial charge in [0.2, 0.25) is 11.8 Å². The summed E-state index contributed by atoms with van der Waals surface area (Å²) in [5, 5.41) is 2.70. The van der Waals surface area contributed by atoms with Crippen molar-refractivity contribution in [1.29, 1.82) is 0 Å². The molecular formula is C11H20N4O2. The minimum atomic E-state index is -0.194. The first-order valence-electron chi connectivity index (χ1n) is 6.07. The normalized spacial score (nSPS) is 30.5. The zero-order valence-electron chi connectivity index (χ0n) is 10.2. The molecule has 2 aliphatic rings. The Morgan fingerprint density at radius 2 is 2.29 bits per heavy atom. The Labute approximate surface area is 101 Å². The van der Waals surface area contributed by atoms with Crippen LogP contribution in [0.2, 0.25) is 0 Å². The highest BCUT2D eigenvalue weighted by Gasteiger charge is 2.35. The van der Waals surface area contributed by atoms with Crippen LogP contribution in [-0.4, -0.2) is 67.4 Å². The van der Waals surface area contributed by atoms with Gasteiger partial charge in [-0.05, 0) is 7.05 Å². The van der Waals surface area contributed by atoms with E-state index in [0.29, 0.717) is 26.1 Å². The molecule has 2 heterocycles. The van der Waals surface area contributed by atoms with Gasteiger partial charge in [0.25, 0.3) is 0 Å². The van der Waals surface area contributed by atoms with Crippen LogP contribution < -0.4 is 11.1 Å². The fourth-order valence-electron chi connectivity index (χ4n) is 2.52. The van der Waals surface area contributed by atoms with Crippen LogP contribution in [0.5, 0.6) is 0 Å². The number of nitrogens with zero attached hydrogens (tertiary/aromatic N) is 2. The molecule has 17 heavy (non-hydrogen) atoms. The highest BCUT2D eigenvalue weighted by Crippen LogP contribution is 2.17. The lowest BCUT2D eigenvalue weighted by Gasteiger charge is -2.40. The Hall–Kier alpha value is -1.14. The third kappa shape index (κ3) is 2.58. The number of hydrogen-bond acceptors (Lipinski definition) is 4. The summed E-state index contributed by atoms with van der Waals surface area (Å²) < 4.78 is 0. The van der Waals surface area contributed by atoms with Gasteiger partial charge in [0.1, 0.15) is 0 Å². The summed E-state index contributed by atoms with van der Waals surface area (Å²) >= 11 is 0. The first-order valence-corrected chi connectivity index (χ1v) is 6.07. The van der Waals surface area contributed by atoms with Gasteiger partial charge in [0, 0.05) is 39.1 Å². The second-order valence-electron chi connectivity index (χ2n) is 4.89. The maximum absolute atomic E-state index is 12.3. The van der Waals surface area contributed by atoms with Crippen LogP contribution in [0.25, 0.3) is 0 Å². The van der Waals surface area contributed by atoms with E-state index in [1.807, 2.05) is 11.9 Å². The number of hydrogen-bond donors (Lipinski definition) is 2. The first kappa shape index (κ1) is 12.3. The molecule has 2 fully saturated rings. The molecule has 2 rings (SSSR count). The minimum absolute atomic E-state index is 0.0261. The van der Waals surface area contributed by atoms with Crippen molar-refractivity contribution in [3.8, 4) is 0 Å². The molecule has 0 spiro atoms. The Balaban J connectivity index is 2.00. The van der Waals surface area contributed by atoms with E-state index < -0.39 is 0 Å². The molecule has 2 atom stereocenters. The molecule has 2 unspecified atom stereocenters. The highest BCUT2D eigenvalue weighted by molar-refractivity contribution is 5.89. The van der Waals surface area contributed by atoms with Gasteiger partial charge in [-0.2, -0.15) is 0 Å². The number of carbonyl (C=O) groups excluding carboxylic acids is 2. The van der Waals surface area contributed by atoms with Crippen molar-refractivity contribution in [2.24, 2.45) is 11.7 Å². The second-order valence-corrected chi connectivity index (χ2v) is 4.89. The number of likely N-dealkylation sites (N-methyl/N-ethyl adjacent to an activating group) is 1. The van der Waals surface area contributed by atoms with E-state index in [1.54, 1.807) is 0 Å². The monoisotopic (exact) mass is 240 g/mol. The predicted octanol–water partition coefficient (Wildman–Crippen LogP) is -1.78. The quantitative estimate of drug-likeness (QED) is 0.598. The van der Waals surface area contributed by atoms with Crippen LogP contribution in [0.3, 0.4) is 0 Å². The van der Waals surface area contributed by atoms with Gasteiger partial charge in [-0.25, -0.2) is 0 Å². The number of nitrogens with one attached hydrogen (secondary N) is 1. The lowest BCUT2D eigenvalue weighted by atomic mass is 10.0. The fourth-order valence-corrected chi connectivity index (χ4v) is 2.52. The Bertz CT molecular complexity index is 321. The largest absolute Gasteiger partial charge is 0.355 e. The first-order chi connectivity index (χ1) is 8.11. The number of amides is 2. The maximum Gasteiger partial charge on any atom is 0.228 e. The average Bonchev–Trinajstić information content (AvgIpc) is 2.75. The summed E-state index contributed by atoms with van der Waals surface area (Å²) in [5.74, 6) is -0.145. The lowest BCUT2D eigenvalue weighted by Crippen LogP contribution is -2.58. The Morgan fingerprint density at radius 3 is 2.88 bits per heavy atom. The molecule has 6 heteroatoms. The van der Waals surface area contributed by atoms with Crippen molar-refractivity contribution < 1.29 is 9.59 Å². The summed E-state index contributed by atoms with van der Waals surface area (Å²) in [6.45, 7) is 3.35. The average molecular weight is 240 g/mol. The molecule has 0 aromatic rings. The van der Waals surface area contributed by atoms with Crippen LogP contribution in [0, 0.1) is 5.92 Å². The molecule has 6 nitrogen and oxygen atoms in total. The van der Waals surface area contributed by atoms with Gasteiger partial charge in [0.05, 0.1) is 12.0 Å². The molecule has 0 aromatic heterocycles. The Morgan fingerprint density at radius 1 is 1.53 bits per heavy atom. The van der Waals surface area contributed by atoms with Gasteiger partial charge >= 0.3 is 0 Å². The van der Waals surface area contributed by atoms with Crippen molar-refractivity contribution >= 4 is 11.8 Å². The lowest BCUT2D eigenvalue weighted by molar-refractivity contribution is -0.140. The smallest absolute Gasteiger partial charge is 0.228 e. The van der Waals surface area contributed by atoms with E-state index in [2.05, 4.69) is 10.2 Å². The molecule has 0 bridgehead atoms. The predicted molar refractivity (Wildman–Crippen MR) is 63.2 cm³/mol. The van der Waals surface area contributed by atoms with Gasteiger partial charge in [0.15, 0.2) is 0 Å². The molecule has 2 amide bonds. The molecule has 2 aliphatic heterocycles. The summed E-state index contributed by atoms with van der Waals surface area (Å²) in [6.07, 6.45) is 0.322. The minimum Gasteiger partial charge on any atom is -0.355 e. The van der Waals surface area contributed by atoms with Crippen molar-refractivity contribution in [3.05, 3.63) is 0 Å².